The van der Waals surface area contributed by atoms with Crippen LogP contribution in [0.15, 0.2) is 18.2 Å². The third kappa shape index (κ3) is 2.81. The fraction of sp³-hybridized carbons (Fsp3) is 0.333. The van der Waals surface area contributed by atoms with Crippen LogP contribution >= 0.6 is 19.2 Å². The Labute approximate surface area is 110 Å². The molecule has 0 fully saturated rings. The van der Waals surface area contributed by atoms with Crippen LogP contribution in [0.1, 0.15) is 10.7 Å². The maximum absolute atomic E-state index is 12.9. The molecule has 106 valence electrons. The van der Waals surface area contributed by atoms with Gasteiger partial charge in [0.2, 0.25) is 0 Å². The zero-order valence-corrected chi connectivity index (χ0v) is 10.6. The molecule has 1 aliphatic heterocycles. The van der Waals surface area contributed by atoms with Crippen LogP contribution in [0.25, 0.3) is 0 Å². The molecule has 0 aromatic heterocycles. The number of halogens is 4. The molecule has 2 N–H and O–H groups in total. The van der Waals surface area contributed by atoms with Crippen molar-refractivity contribution in [3.8, 4) is 11.5 Å². The highest BCUT2D eigenvalue weighted by molar-refractivity contribution is 7.54. The minimum atomic E-state index is -4.63. The minimum absolute atomic E-state index is 0.102. The van der Waals surface area contributed by atoms with Crippen molar-refractivity contribution >= 4 is 19.2 Å². The van der Waals surface area contributed by atoms with E-state index in [4.69, 9.17) is 21.4 Å². The first kappa shape index (κ1) is 14.5. The quantitative estimate of drug-likeness (QED) is 0.648. The van der Waals surface area contributed by atoms with Gasteiger partial charge in [0.05, 0.1) is 0 Å². The van der Waals surface area contributed by atoms with Gasteiger partial charge in [0.1, 0.15) is 0 Å². The second kappa shape index (κ2) is 4.56. The molecule has 2 rings (SSSR count). The molecule has 1 aromatic rings. The highest BCUT2D eigenvalue weighted by atomic mass is 35.5. The van der Waals surface area contributed by atoms with Crippen molar-refractivity contribution in [3.05, 3.63) is 23.8 Å². The van der Waals surface area contributed by atoms with E-state index >= 15 is 0 Å². The Morgan fingerprint density at radius 3 is 2.58 bits per heavy atom. The van der Waals surface area contributed by atoms with Crippen molar-refractivity contribution < 1.29 is 37.0 Å². The maximum atomic E-state index is 12.9. The largest absolute Gasteiger partial charge is 0.468 e. The number of benzene rings is 1. The molecule has 2 atom stereocenters. The molecule has 1 heterocycles. The Kier molecular flexibility index (Phi) is 3.47. The lowest BCUT2D eigenvalue weighted by atomic mass is 10.2. The van der Waals surface area contributed by atoms with E-state index in [9.17, 15) is 17.7 Å². The van der Waals surface area contributed by atoms with Gasteiger partial charge in [0.15, 0.2) is 16.6 Å². The first-order valence-electron chi connectivity index (χ1n) is 4.82. The molecule has 0 radical (unpaired) electrons. The number of rotatable bonds is 2. The van der Waals surface area contributed by atoms with Crippen molar-refractivity contribution in [1.29, 1.82) is 0 Å². The summed E-state index contributed by atoms with van der Waals surface area (Å²) in [5, 5.41) is -1.69. The summed E-state index contributed by atoms with van der Waals surface area (Å²) in [7, 11) is -4.63. The van der Waals surface area contributed by atoms with Crippen LogP contribution in [0.5, 0.6) is 11.5 Å². The van der Waals surface area contributed by atoms with Crippen molar-refractivity contribution in [2.24, 2.45) is 0 Å². The van der Waals surface area contributed by atoms with E-state index in [1.165, 1.54) is 0 Å². The fourth-order valence-electron chi connectivity index (χ4n) is 1.42. The van der Waals surface area contributed by atoms with Crippen LogP contribution in [-0.2, 0) is 4.57 Å². The van der Waals surface area contributed by atoms with Crippen LogP contribution in [0.2, 0.25) is 0 Å². The average molecular weight is 319 g/mol. The smallest absolute Gasteiger partial charge is 0.447 e. The van der Waals surface area contributed by atoms with Crippen LogP contribution in [0.4, 0.5) is 13.2 Å². The summed E-state index contributed by atoms with van der Waals surface area (Å²) in [6.07, 6.45) is -7.14. The van der Waals surface area contributed by atoms with Crippen LogP contribution in [-0.4, -0.2) is 22.3 Å². The molecule has 1 aliphatic rings. The first-order valence-corrected chi connectivity index (χ1v) is 6.94. The van der Waals surface area contributed by atoms with Crippen LogP contribution in [0.3, 0.4) is 0 Å². The molecule has 5 nitrogen and oxygen atoms in total. The molecule has 2 unspecified atom stereocenters. The van der Waals surface area contributed by atoms with Gasteiger partial charge < -0.3 is 19.3 Å². The topological polar surface area (TPSA) is 76.0 Å². The molecule has 10 heteroatoms. The predicted octanol–water partition coefficient (Wildman–Crippen LogP) is 2.76. The highest BCUT2D eigenvalue weighted by Crippen LogP contribution is 2.55. The third-order valence-electron chi connectivity index (χ3n) is 2.28. The van der Waals surface area contributed by atoms with Gasteiger partial charge in [0, 0.05) is 0 Å². The lowest BCUT2D eigenvalue weighted by Gasteiger charge is -2.28. The highest BCUT2D eigenvalue weighted by Gasteiger charge is 2.49. The van der Waals surface area contributed by atoms with E-state index in [2.05, 4.69) is 9.47 Å². The fourth-order valence-corrected chi connectivity index (χ4v) is 2.10. The van der Waals surface area contributed by atoms with E-state index in [0.717, 1.165) is 18.2 Å². The van der Waals surface area contributed by atoms with Gasteiger partial charge >= 0.3 is 20.1 Å². The zero-order valence-electron chi connectivity index (χ0n) is 8.96. The van der Waals surface area contributed by atoms with E-state index in [-0.39, 0.29) is 5.56 Å². The monoisotopic (exact) mass is 318 g/mol. The second-order valence-electron chi connectivity index (χ2n) is 3.73. The Hall–Kier alpha value is -0.950. The summed E-state index contributed by atoms with van der Waals surface area (Å²) >= 11 is 5.52. The van der Waals surface area contributed by atoms with E-state index in [1.54, 1.807) is 0 Å². The van der Waals surface area contributed by atoms with Gasteiger partial charge in [-0.15, -0.1) is 11.6 Å². The number of hydrogen-bond acceptors (Lipinski definition) is 3. The number of hydrogen-bond donors (Lipinski definition) is 2. The van der Waals surface area contributed by atoms with Gasteiger partial charge in [-0.1, -0.05) is 6.07 Å². The molecular weight excluding hydrogens is 312 g/mol. The van der Waals surface area contributed by atoms with Crippen molar-refractivity contribution in [1.82, 2.24) is 0 Å². The van der Waals surface area contributed by atoms with Gasteiger partial charge in [0.25, 0.3) is 0 Å². The number of ether oxygens (including phenoxy) is 2. The van der Waals surface area contributed by atoms with Crippen LogP contribution in [0, 0.1) is 0 Å². The molecule has 0 amide bonds. The van der Waals surface area contributed by atoms with Gasteiger partial charge in [-0.05, 0) is 17.7 Å². The summed E-state index contributed by atoms with van der Waals surface area (Å²) in [6.45, 7) is 0. The minimum Gasteiger partial charge on any atom is -0.447 e. The molecular formula is C9H7ClF3O5P. The molecule has 0 saturated carbocycles. The molecule has 0 saturated heterocycles. The lowest BCUT2D eigenvalue weighted by Crippen LogP contribution is -2.43. The summed E-state index contributed by atoms with van der Waals surface area (Å²) in [5.41, 5.74) is -0.102. The average Bonchev–Trinajstić information content (AvgIpc) is 2.27. The van der Waals surface area contributed by atoms with E-state index in [1.807, 2.05) is 0 Å². The number of alkyl halides is 4. The van der Waals surface area contributed by atoms with Crippen molar-refractivity contribution in [2.75, 3.05) is 0 Å². The summed E-state index contributed by atoms with van der Waals surface area (Å²) in [5.74, 6) is -0.854. The molecule has 0 spiro atoms. The molecule has 0 bridgehead atoms. The third-order valence-corrected chi connectivity index (χ3v) is 4.18. The Balaban J connectivity index is 2.36. The second-order valence-corrected chi connectivity index (χ2v) is 6.16. The maximum Gasteiger partial charge on any atom is 0.468 e. The number of fused-ring (bicyclic) bond motifs is 1. The summed E-state index contributed by atoms with van der Waals surface area (Å²) < 4.78 is 58.0. The molecule has 1 aromatic carbocycles. The lowest BCUT2D eigenvalue weighted by molar-refractivity contribution is -0.281. The summed E-state index contributed by atoms with van der Waals surface area (Å²) in [6, 6.07) is 2.98. The Morgan fingerprint density at radius 1 is 1.37 bits per heavy atom. The van der Waals surface area contributed by atoms with Gasteiger partial charge in [-0.3, -0.25) is 4.57 Å². The Morgan fingerprint density at radius 2 is 2.00 bits per heavy atom. The standard InChI is InChI=1S/C9H7ClF3O5P/c10-7(19(14,15)16)4-1-2-5-6(3-4)17-8(11)9(12,13)18-5/h1-3,7-8H,(H2,14,15,16). The first-order chi connectivity index (χ1) is 8.61. The Bertz CT molecular complexity index is 549. The van der Waals surface area contributed by atoms with Gasteiger partial charge in [-0.25, -0.2) is 0 Å². The summed E-state index contributed by atoms with van der Waals surface area (Å²) in [4.78, 5) is 17.8. The molecule has 0 aliphatic carbocycles. The van der Waals surface area contributed by atoms with Crippen molar-refractivity contribution in [2.45, 2.75) is 17.6 Å². The molecule has 19 heavy (non-hydrogen) atoms. The van der Waals surface area contributed by atoms with E-state index in [0.29, 0.717) is 0 Å². The SMILES string of the molecule is O=P(O)(O)C(Cl)c1ccc2c(c1)OC(F)C(F)(F)O2. The van der Waals surface area contributed by atoms with Crippen LogP contribution < -0.4 is 9.47 Å². The van der Waals surface area contributed by atoms with Crippen molar-refractivity contribution in [3.63, 3.8) is 0 Å². The predicted molar refractivity (Wildman–Crippen MR) is 58.2 cm³/mol. The zero-order chi connectivity index (χ0) is 14.4. The van der Waals surface area contributed by atoms with E-state index < -0.39 is 36.7 Å². The normalized spacial score (nSPS) is 22.9. The van der Waals surface area contributed by atoms with Gasteiger partial charge in [-0.2, -0.15) is 13.2 Å².